The number of nitrogens with zero attached hydrogens (tertiary/aromatic N) is 2. The monoisotopic (exact) mass is 411 g/mol. The lowest BCUT2D eigenvalue weighted by atomic mass is 10.1. The number of imidazole rings is 1. The highest BCUT2D eigenvalue weighted by Crippen LogP contribution is 2.36. The van der Waals surface area contributed by atoms with Crippen LogP contribution >= 0.6 is 15.9 Å². The Bertz CT molecular complexity index is 1020. The molecule has 0 spiro atoms. The molecular weight excluding hydrogens is 394 g/mol. The van der Waals surface area contributed by atoms with Crippen LogP contribution in [0.4, 0.5) is 0 Å². The lowest BCUT2D eigenvalue weighted by molar-refractivity contribution is 0.317. The first kappa shape index (κ1) is 18.0. The summed E-state index contributed by atoms with van der Waals surface area (Å²) in [4.78, 5) is 7.75. The van der Waals surface area contributed by atoms with Gasteiger partial charge in [-0.25, -0.2) is 4.98 Å². The Hall–Kier alpha value is -2.78. The molecule has 26 heavy (non-hydrogen) atoms. The number of aryl methyl sites for hydroxylation is 2. The maximum atomic E-state index is 10.0. The first-order valence-electron chi connectivity index (χ1n) is 8.17. The van der Waals surface area contributed by atoms with E-state index in [-0.39, 0.29) is 5.75 Å². The maximum absolute atomic E-state index is 10.0. The zero-order valence-corrected chi connectivity index (χ0v) is 16.3. The fourth-order valence-electron chi connectivity index (χ4n) is 2.66. The van der Waals surface area contributed by atoms with Crippen molar-refractivity contribution in [2.45, 2.75) is 20.8 Å². The van der Waals surface area contributed by atoms with Gasteiger partial charge in [0.05, 0.1) is 27.7 Å². The lowest BCUT2D eigenvalue weighted by Gasteiger charge is -2.08. The average Bonchev–Trinajstić information content (AvgIpc) is 3.00. The first-order chi connectivity index (χ1) is 12.4. The average molecular weight is 412 g/mol. The zero-order valence-electron chi connectivity index (χ0n) is 14.7. The van der Waals surface area contributed by atoms with E-state index in [1.54, 1.807) is 18.2 Å². The molecule has 0 bridgehead atoms. The molecule has 3 aromatic rings. The van der Waals surface area contributed by atoms with Gasteiger partial charge >= 0.3 is 0 Å². The number of ether oxygens (including phenoxy) is 1. The highest BCUT2D eigenvalue weighted by molar-refractivity contribution is 9.10. The lowest BCUT2D eigenvalue weighted by Crippen LogP contribution is -1.93. The molecule has 0 radical (unpaired) electrons. The summed E-state index contributed by atoms with van der Waals surface area (Å²) in [6, 6.07) is 9.64. The summed E-state index contributed by atoms with van der Waals surface area (Å²) in [5.74, 6) is 0.910. The van der Waals surface area contributed by atoms with Crippen molar-refractivity contribution in [3.63, 3.8) is 0 Å². The molecular formula is C20H18BrN3O2. The topological polar surface area (TPSA) is 81.9 Å². The van der Waals surface area contributed by atoms with Gasteiger partial charge in [-0.1, -0.05) is 0 Å². The second-order valence-corrected chi connectivity index (χ2v) is 6.85. The van der Waals surface area contributed by atoms with Gasteiger partial charge < -0.3 is 14.8 Å². The van der Waals surface area contributed by atoms with E-state index in [2.05, 4.69) is 32.0 Å². The molecule has 0 amide bonds. The Labute approximate surface area is 160 Å². The molecule has 1 heterocycles. The minimum atomic E-state index is 0.0391. The van der Waals surface area contributed by atoms with Gasteiger partial charge in [0.2, 0.25) is 0 Å². The summed E-state index contributed by atoms with van der Waals surface area (Å²) in [7, 11) is 0. The standard InChI is InChI=1S/C20H18BrN3O2/c1-4-26-18-9-13(8-15(21)19(18)25)7-14(10-22)20-23-16-5-11(2)12(3)6-17(16)24-20/h5-9,25H,4H2,1-3H3,(H,23,24)/b14-7+. The van der Waals surface area contributed by atoms with Crippen molar-refractivity contribution in [1.29, 1.82) is 5.26 Å². The van der Waals surface area contributed by atoms with Crippen LogP contribution in [0.2, 0.25) is 0 Å². The van der Waals surface area contributed by atoms with E-state index in [1.807, 2.05) is 32.9 Å². The number of rotatable bonds is 4. The van der Waals surface area contributed by atoms with E-state index in [0.29, 0.717) is 28.2 Å². The normalized spacial score (nSPS) is 11.6. The number of allylic oxidation sites excluding steroid dienone is 1. The molecule has 132 valence electrons. The summed E-state index contributed by atoms with van der Waals surface area (Å²) in [5, 5.41) is 19.6. The maximum Gasteiger partial charge on any atom is 0.172 e. The number of phenolic OH excluding ortho intramolecular Hbond substituents is 1. The summed E-state index contributed by atoms with van der Waals surface area (Å²) in [5.41, 5.74) is 5.16. The SMILES string of the molecule is CCOc1cc(/C=C(\C#N)c2nc3cc(C)c(C)cc3[nH]2)cc(Br)c1O. The first-order valence-corrected chi connectivity index (χ1v) is 8.96. The number of hydrogen-bond acceptors (Lipinski definition) is 4. The van der Waals surface area contributed by atoms with Crippen molar-refractivity contribution < 1.29 is 9.84 Å². The fraction of sp³-hybridized carbons (Fsp3) is 0.200. The molecule has 0 unspecified atom stereocenters. The van der Waals surface area contributed by atoms with E-state index >= 15 is 0 Å². The third-order valence-corrected chi connectivity index (χ3v) is 4.74. The Kier molecular flexibility index (Phi) is 5.01. The third-order valence-electron chi connectivity index (χ3n) is 4.13. The van der Waals surface area contributed by atoms with Crippen LogP contribution in [0.1, 0.15) is 29.4 Å². The smallest absolute Gasteiger partial charge is 0.172 e. The summed E-state index contributed by atoms with van der Waals surface area (Å²) >= 11 is 3.31. The molecule has 0 aliphatic carbocycles. The number of aromatic hydroxyl groups is 1. The zero-order chi connectivity index (χ0) is 18.8. The number of benzene rings is 2. The number of phenols is 1. The van der Waals surface area contributed by atoms with Crippen molar-refractivity contribution in [1.82, 2.24) is 9.97 Å². The van der Waals surface area contributed by atoms with Crippen molar-refractivity contribution in [3.8, 4) is 17.6 Å². The number of nitriles is 1. The molecule has 2 aromatic carbocycles. The largest absolute Gasteiger partial charge is 0.503 e. The molecule has 0 atom stereocenters. The van der Waals surface area contributed by atoms with Crippen molar-refractivity contribution in [2.24, 2.45) is 0 Å². The van der Waals surface area contributed by atoms with Gasteiger partial charge in [0.1, 0.15) is 11.9 Å². The number of fused-ring (bicyclic) bond motifs is 1. The molecule has 0 aliphatic heterocycles. The summed E-state index contributed by atoms with van der Waals surface area (Å²) in [6.07, 6.45) is 1.71. The molecule has 0 aliphatic rings. The van der Waals surface area contributed by atoms with Crippen molar-refractivity contribution >= 4 is 38.6 Å². The number of aromatic amines is 1. The molecule has 3 rings (SSSR count). The molecule has 0 saturated carbocycles. The highest BCUT2D eigenvalue weighted by atomic mass is 79.9. The van der Waals surface area contributed by atoms with Gasteiger partial charge in [-0.2, -0.15) is 5.26 Å². The minimum absolute atomic E-state index is 0.0391. The van der Waals surface area contributed by atoms with Gasteiger partial charge in [-0.3, -0.25) is 0 Å². The second kappa shape index (κ2) is 7.22. The molecule has 0 saturated heterocycles. The van der Waals surface area contributed by atoms with Gasteiger partial charge in [-0.05, 0) is 83.7 Å². The number of hydrogen-bond donors (Lipinski definition) is 2. The van der Waals surface area contributed by atoms with E-state index in [4.69, 9.17) is 4.74 Å². The number of H-pyrrole nitrogens is 1. The third kappa shape index (κ3) is 3.44. The summed E-state index contributed by atoms with van der Waals surface area (Å²) < 4.78 is 5.94. The Morgan fingerprint density at radius 2 is 2.04 bits per heavy atom. The van der Waals surface area contributed by atoms with E-state index < -0.39 is 0 Å². The highest BCUT2D eigenvalue weighted by Gasteiger charge is 2.12. The summed E-state index contributed by atoms with van der Waals surface area (Å²) in [6.45, 7) is 6.35. The minimum Gasteiger partial charge on any atom is -0.503 e. The second-order valence-electron chi connectivity index (χ2n) is 5.99. The van der Waals surface area contributed by atoms with Crippen molar-refractivity contribution in [2.75, 3.05) is 6.61 Å². The molecule has 0 fully saturated rings. The predicted molar refractivity (Wildman–Crippen MR) is 106 cm³/mol. The molecule has 5 nitrogen and oxygen atoms in total. The number of aromatic nitrogens is 2. The van der Waals surface area contributed by atoms with Crippen LogP contribution in [0.5, 0.6) is 11.5 Å². The van der Waals surface area contributed by atoms with Crippen LogP contribution in [0.15, 0.2) is 28.7 Å². The number of halogens is 1. The molecule has 1 aromatic heterocycles. The van der Waals surface area contributed by atoms with Gasteiger partial charge in [0.25, 0.3) is 0 Å². The Morgan fingerprint density at radius 1 is 1.31 bits per heavy atom. The van der Waals surface area contributed by atoms with Crippen LogP contribution < -0.4 is 4.74 Å². The van der Waals surface area contributed by atoms with Gasteiger partial charge in [0, 0.05) is 0 Å². The Morgan fingerprint density at radius 3 is 2.73 bits per heavy atom. The fourth-order valence-corrected chi connectivity index (χ4v) is 3.12. The quantitative estimate of drug-likeness (QED) is 0.584. The van der Waals surface area contributed by atoms with E-state index in [0.717, 1.165) is 22.2 Å². The van der Waals surface area contributed by atoms with Crippen molar-refractivity contribution in [3.05, 3.63) is 51.3 Å². The van der Waals surface area contributed by atoms with Crippen LogP contribution in [-0.2, 0) is 0 Å². The predicted octanol–water partition coefficient (Wildman–Crippen LogP) is 5.11. The number of nitrogens with one attached hydrogen (secondary N) is 1. The van der Waals surface area contributed by atoms with Crippen LogP contribution in [-0.4, -0.2) is 21.7 Å². The molecule has 6 heteroatoms. The van der Waals surface area contributed by atoms with Crippen LogP contribution in [0.25, 0.3) is 22.7 Å². The van der Waals surface area contributed by atoms with Crippen LogP contribution in [0, 0.1) is 25.2 Å². The Balaban J connectivity index is 2.08. The van der Waals surface area contributed by atoms with E-state index in [9.17, 15) is 10.4 Å². The van der Waals surface area contributed by atoms with Gasteiger partial charge in [-0.15, -0.1) is 0 Å². The van der Waals surface area contributed by atoms with Crippen LogP contribution in [0.3, 0.4) is 0 Å². The van der Waals surface area contributed by atoms with Gasteiger partial charge in [0.15, 0.2) is 11.5 Å². The molecule has 2 N–H and O–H groups in total. The van der Waals surface area contributed by atoms with E-state index in [1.165, 1.54) is 5.56 Å².